The molecule has 0 aromatic carbocycles. The second kappa shape index (κ2) is 8.35. The minimum absolute atomic E-state index is 1.02. The molecule has 0 radical (unpaired) electrons. The third-order valence-corrected chi connectivity index (χ3v) is 2.63. The summed E-state index contributed by atoms with van der Waals surface area (Å²) in [6.07, 6.45) is 10.1. The zero-order valence-electron chi connectivity index (χ0n) is 12.3. The molecule has 0 rings (SSSR count). The number of nitrogens with one attached hydrogen (secondary N) is 1. The summed E-state index contributed by atoms with van der Waals surface area (Å²) in [6.45, 7) is 16.1. The van der Waals surface area contributed by atoms with Crippen molar-refractivity contribution in [2.75, 3.05) is 7.05 Å². The van der Waals surface area contributed by atoms with Crippen LogP contribution in [0.4, 0.5) is 0 Å². The largest absolute Gasteiger partial charge is 0.394 e. The Morgan fingerprint density at radius 3 is 2.00 bits per heavy atom. The maximum Gasteiger partial charge on any atom is 0.00277 e. The molecule has 18 heavy (non-hydrogen) atoms. The monoisotopic (exact) mass is 243 g/mol. The van der Waals surface area contributed by atoms with Gasteiger partial charge >= 0.3 is 0 Å². The molecule has 0 saturated carbocycles. The molecular formula is C17H25N. The SMILES string of the molecule is C=C(C)/C=C\C(=C)\C(C)=C/C(C)=C(C)/C=C\NC. The molecule has 1 N–H and O–H groups in total. The highest BCUT2D eigenvalue weighted by Crippen LogP contribution is 2.15. The molecule has 0 heterocycles. The Morgan fingerprint density at radius 1 is 0.889 bits per heavy atom. The molecule has 1 heteroatoms. The average Bonchev–Trinajstić information content (AvgIpc) is 2.32. The maximum absolute atomic E-state index is 4.05. The van der Waals surface area contributed by atoms with Gasteiger partial charge in [0, 0.05) is 7.05 Å². The summed E-state index contributed by atoms with van der Waals surface area (Å²) >= 11 is 0. The first-order valence-corrected chi connectivity index (χ1v) is 6.11. The van der Waals surface area contributed by atoms with Gasteiger partial charge in [0.15, 0.2) is 0 Å². The van der Waals surface area contributed by atoms with Gasteiger partial charge in [-0.05, 0) is 62.3 Å². The minimum Gasteiger partial charge on any atom is -0.394 e. The second-order valence-corrected chi connectivity index (χ2v) is 4.52. The lowest BCUT2D eigenvalue weighted by Gasteiger charge is -2.03. The van der Waals surface area contributed by atoms with Gasteiger partial charge in [-0.15, -0.1) is 0 Å². The third kappa shape index (κ3) is 6.74. The summed E-state index contributed by atoms with van der Waals surface area (Å²) in [5.41, 5.74) is 5.69. The fourth-order valence-electron chi connectivity index (χ4n) is 1.25. The average molecular weight is 243 g/mol. The Labute approximate surface area is 112 Å². The lowest BCUT2D eigenvalue weighted by molar-refractivity contribution is 1.10. The quantitative estimate of drug-likeness (QED) is 0.667. The van der Waals surface area contributed by atoms with E-state index < -0.39 is 0 Å². The number of rotatable bonds is 6. The Bertz CT molecular complexity index is 429. The van der Waals surface area contributed by atoms with Crippen LogP contribution in [0.3, 0.4) is 0 Å². The highest BCUT2D eigenvalue weighted by atomic mass is 14.8. The molecule has 0 bridgehead atoms. The van der Waals surface area contributed by atoms with E-state index in [-0.39, 0.29) is 0 Å². The van der Waals surface area contributed by atoms with Crippen molar-refractivity contribution in [2.24, 2.45) is 0 Å². The third-order valence-electron chi connectivity index (χ3n) is 2.63. The van der Waals surface area contributed by atoms with E-state index in [1.54, 1.807) is 0 Å². The van der Waals surface area contributed by atoms with Gasteiger partial charge in [0.1, 0.15) is 0 Å². The molecule has 0 amide bonds. The van der Waals surface area contributed by atoms with Crippen LogP contribution in [0, 0.1) is 0 Å². The van der Waals surface area contributed by atoms with Crippen molar-refractivity contribution in [3.8, 4) is 0 Å². The van der Waals surface area contributed by atoms with E-state index in [2.05, 4.69) is 51.4 Å². The van der Waals surface area contributed by atoms with Crippen molar-refractivity contribution in [3.05, 3.63) is 71.5 Å². The van der Waals surface area contributed by atoms with Crippen LogP contribution in [-0.4, -0.2) is 7.05 Å². The zero-order valence-corrected chi connectivity index (χ0v) is 12.3. The Hall–Kier alpha value is -1.76. The molecule has 0 aliphatic rings. The molecule has 0 spiro atoms. The molecule has 0 aliphatic heterocycles. The van der Waals surface area contributed by atoms with Gasteiger partial charge in [0.05, 0.1) is 0 Å². The van der Waals surface area contributed by atoms with Crippen molar-refractivity contribution in [2.45, 2.75) is 27.7 Å². The number of hydrogen-bond acceptors (Lipinski definition) is 1. The molecule has 0 aromatic heterocycles. The van der Waals surface area contributed by atoms with Crippen molar-refractivity contribution in [3.63, 3.8) is 0 Å². The van der Waals surface area contributed by atoms with E-state index in [1.807, 2.05) is 32.3 Å². The van der Waals surface area contributed by atoms with Gasteiger partial charge in [-0.25, -0.2) is 0 Å². The highest BCUT2D eigenvalue weighted by molar-refractivity contribution is 5.43. The molecule has 1 nitrogen and oxygen atoms in total. The van der Waals surface area contributed by atoms with Gasteiger partial charge in [0.25, 0.3) is 0 Å². The summed E-state index contributed by atoms with van der Waals surface area (Å²) in [6, 6.07) is 0. The molecule has 0 unspecified atom stereocenters. The molecule has 0 aliphatic carbocycles. The molecule has 0 saturated heterocycles. The first kappa shape index (κ1) is 16.2. The molecule has 98 valence electrons. The topological polar surface area (TPSA) is 12.0 Å². The van der Waals surface area contributed by atoms with E-state index >= 15 is 0 Å². The van der Waals surface area contributed by atoms with Crippen LogP contribution in [-0.2, 0) is 0 Å². The maximum atomic E-state index is 4.05. The van der Waals surface area contributed by atoms with E-state index in [4.69, 9.17) is 0 Å². The summed E-state index contributed by atoms with van der Waals surface area (Å²) < 4.78 is 0. The summed E-state index contributed by atoms with van der Waals surface area (Å²) in [5, 5.41) is 2.99. The normalized spacial score (nSPS) is 13.9. The summed E-state index contributed by atoms with van der Waals surface area (Å²) in [4.78, 5) is 0. The van der Waals surface area contributed by atoms with Gasteiger partial charge in [-0.1, -0.05) is 37.0 Å². The zero-order chi connectivity index (χ0) is 14.1. The molecule has 0 atom stereocenters. The highest BCUT2D eigenvalue weighted by Gasteiger charge is 1.95. The van der Waals surface area contributed by atoms with Gasteiger partial charge in [-0.2, -0.15) is 0 Å². The van der Waals surface area contributed by atoms with Crippen LogP contribution in [0.5, 0.6) is 0 Å². The molecule has 0 aromatic rings. The van der Waals surface area contributed by atoms with Crippen molar-refractivity contribution >= 4 is 0 Å². The predicted octanol–water partition coefficient (Wildman–Crippen LogP) is 4.69. The van der Waals surface area contributed by atoms with Crippen molar-refractivity contribution < 1.29 is 0 Å². The molecular weight excluding hydrogens is 218 g/mol. The van der Waals surface area contributed by atoms with Crippen molar-refractivity contribution in [1.82, 2.24) is 5.32 Å². The van der Waals surface area contributed by atoms with Crippen LogP contribution >= 0.6 is 0 Å². The number of allylic oxidation sites excluding steroid dienone is 9. The van der Waals surface area contributed by atoms with E-state index in [9.17, 15) is 0 Å². The fraction of sp³-hybridized carbons (Fsp3) is 0.294. The smallest absolute Gasteiger partial charge is 0.00277 e. The summed E-state index contributed by atoms with van der Waals surface area (Å²) in [7, 11) is 1.89. The first-order chi connectivity index (χ1) is 8.38. The second-order valence-electron chi connectivity index (χ2n) is 4.52. The first-order valence-electron chi connectivity index (χ1n) is 6.11. The van der Waals surface area contributed by atoms with E-state index in [0.717, 1.165) is 11.1 Å². The van der Waals surface area contributed by atoms with Gasteiger partial charge < -0.3 is 5.32 Å². The van der Waals surface area contributed by atoms with Crippen molar-refractivity contribution in [1.29, 1.82) is 0 Å². The fourth-order valence-corrected chi connectivity index (χ4v) is 1.25. The van der Waals surface area contributed by atoms with Gasteiger partial charge in [0.2, 0.25) is 0 Å². The number of hydrogen-bond donors (Lipinski definition) is 1. The van der Waals surface area contributed by atoms with Crippen LogP contribution in [0.1, 0.15) is 27.7 Å². The van der Waals surface area contributed by atoms with Crippen LogP contribution in [0.2, 0.25) is 0 Å². The van der Waals surface area contributed by atoms with Gasteiger partial charge in [-0.3, -0.25) is 0 Å². The Morgan fingerprint density at radius 2 is 1.50 bits per heavy atom. The van der Waals surface area contributed by atoms with E-state index in [0.29, 0.717) is 0 Å². The lowest BCUT2D eigenvalue weighted by atomic mass is 10.0. The van der Waals surface area contributed by atoms with Crippen LogP contribution in [0.25, 0.3) is 0 Å². The Kier molecular flexibility index (Phi) is 7.53. The standard InChI is InChI=1S/C17H25N/c1-13(2)8-9-14(3)16(5)12-17(6)15(4)10-11-18-7/h8-12,18H,1,3H2,2,4-7H3/b9-8-,11-10-,16-12-,17-15+. The van der Waals surface area contributed by atoms with Crippen LogP contribution in [0.15, 0.2) is 71.5 Å². The molecule has 0 fully saturated rings. The summed E-state index contributed by atoms with van der Waals surface area (Å²) in [5.74, 6) is 0. The lowest BCUT2D eigenvalue weighted by Crippen LogP contribution is -1.91. The predicted molar refractivity (Wildman–Crippen MR) is 83.4 cm³/mol. The Balaban J connectivity index is 4.92. The van der Waals surface area contributed by atoms with Crippen LogP contribution < -0.4 is 5.32 Å². The minimum atomic E-state index is 1.02. The van der Waals surface area contributed by atoms with E-state index in [1.165, 1.54) is 16.7 Å².